The number of benzene rings is 1. The fourth-order valence-electron chi connectivity index (χ4n) is 3.14. The molecule has 1 aliphatic heterocycles. The average molecular weight is 408 g/mol. The lowest BCUT2D eigenvalue weighted by molar-refractivity contribution is 0.242. The van der Waals surface area contributed by atoms with E-state index in [0.717, 1.165) is 53.8 Å². The highest BCUT2D eigenvalue weighted by atomic mass is 79.9. The van der Waals surface area contributed by atoms with Crippen LogP contribution in [0.5, 0.6) is 0 Å². The van der Waals surface area contributed by atoms with Gasteiger partial charge in [0.05, 0.1) is 16.2 Å². The van der Waals surface area contributed by atoms with E-state index in [1.807, 2.05) is 18.3 Å². The van der Waals surface area contributed by atoms with Crippen LogP contribution >= 0.6 is 27.5 Å². The van der Waals surface area contributed by atoms with Gasteiger partial charge in [0, 0.05) is 60.5 Å². The summed E-state index contributed by atoms with van der Waals surface area (Å²) >= 11 is 9.87. The molecule has 3 heterocycles. The maximum absolute atomic E-state index is 6.34. The number of aromatic nitrogens is 2. The van der Waals surface area contributed by atoms with E-state index < -0.39 is 0 Å². The summed E-state index contributed by atoms with van der Waals surface area (Å²) in [5, 5.41) is 5.75. The molecule has 124 valence electrons. The minimum Gasteiger partial charge on any atom is -0.368 e. The van der Waals surface area contributed by atoms with Crippen molar-refractivity contribution in [1.82, 2.24) is 15.0 Å². The van der Waals surface area contributed by atoms with Gasteiger partial charge in [-0.1, -0.05) is 32.7 Å². The Morgan fingerprint density at radius 3 is 2.75 bits per heavy atom. The molecule has 1 fully saturated rings. The quantitative estimate of drug-likeness (QED) is 0.657. The summed E-state index contributed by atoms with van der Waals surface area (Å²) < 4.78 is 5.88. The Balaban J connectivity index is 1.54. The van der Waals surface area contributed by atoms with E-state index in [-0.39, 0.29) is 0 Å². The predicted molar refractivity (Wildman–Crippen MR) is 98.4 cm³/mol. The van der Waals surface area contributed by atoms with Crippen molar-refractivity contribution >= 4 is 44.1 Å². The lowest BCUT2D eigenvalue weighted by atomic mass is 10.1. The van der Waals surface area contributed by atoms with Gasteiger partial charge in [-0.3, -0.25) is 9.88 Å². The molecular weight excluding hydrogens is 392 g/mol. The molecule has 0 radical (unpaired) electrons. The van der Waals surface area contributed by atoms with Gasteiger partial charge < -0.3 is 9.42 Å². The Hall–Kier alpha value is -1.63. The molecule has 0 N–H and O–H groups in total. The molecule has 1 aromatic carbocycles. The molecule has 0 saturated carbocycles. The van der Waals surface area contributed by atoms with Crippen LogP contribution in [-0.2, 0) is 6.54 Å². The summed E-state index contributed by atoms with van der Waals surface area (Å²) in [7, 11) is 0. The number of halogens is 2. The van der Waals surface area contributed by atoms with Crippen molar-refractivity contribution in [2.75, 3.05) is 31.1 Å². The van der Waals surface area contributed by atoms with Crippen LogP contribution < -0.4 is 4.90 Å². The number of piperazine rings is 1. The molecule has 0 bridgehead atoms. The summed E-state index contributed by atoms with van der Waals surface area (Å²) in [6, 6.07) is 7.96. The van der Waals surface area contributed by atoms with Crippen LogP contribution in [0.25, 0.3) is 10.9 Å². The smallest absolute Gasteiger partial charge is 0.124 e. The first kappa shape index (κ1) is 15.9. The Morgan fingerprint density at radius 1 is 1.17 bits per heavy atom. The van der Waals surface area contributed by atoms with Gasteiger partial charge in [-0.05, 0) is 18.2 Å². The fourth-order valence-corrected chi connectivity index (χ4v) is 3.99. The van der Waals surface area contributed by atoms with E-state index in [0.29, 0.717) is 5.02 Å². The van der Waals surface area contributed by atoms with Gasteiger partial charge in [-0.25, -0.2) is 0 Å². The summed E-state index contributed by atoms with van der Waals surface area (Å²) in [5.41, 5.74) is 3.01. The predicted octanol–water partition coefficient (Wildman–Crippen LogP) is 3.96. The van der Waals surface area contributed by atoms with E-state index in [1.54, 1.807) is 6.26 Å². The van der Waals surface area contributed by atoms with E-state index in [2.05, 4.69) is 48.0 Å². The van der Waals surface area contributed by atoms with Gasteiger partial charge >= 0.3 is 0 Å². The molecular formula is C17H16BrClN4O. The first-order chi connectivity index (χ1) is 11.7. The second-order valence-electron chi connectivity index (χ2n) is 5.87. The van der Waals surface area contributed by atoms with Crippen molar-refractivity contribution in [3.05, 3.63) is 51.9 Å². The molecule has 0 atom stereocenters. The SMILES string of the molecule is Clc1cc(Br)cc2c(N3CCN(Cc4ccon4)CC3)ccnc12. The van der Waals surface area contributed by atoms with Crippen LogP contribution in [0.1, 0.15) is 5.69 Å². The van der Waals surface area contributed by atoms with Gasteiger partial charge in [-0.2, -0.15) is 0 Å². The van der Waals surface area contributed by atoms with E-state index in [9.17, 15) is 0 Å². The molecule has 0 amide bonds. The number of fused-ring (bicyclic) bond motifs is 1. The van der Waals surface area contributed by atoms with Crippen LogP contribution in [-0.4, -0.2) is 41.2 Å². The molecule has 5 nitrogen and oxygen atoms in total. The number of nitrogens with zero attached hydrogens (tertiary/aromatic N) is 4. The minimum atomic E-state index is 0.672. The van der Waals surface area contributed by atoms with Crippen LogP contribution in [0.3, 0.4) is 0 Å². The summed E-state index contributed by atoms with van der Waals surface area (Å²) in [6.45, 7) is 4.72. The van der Waals surface area contributed by atoms with Crippen molar-refractivity contribution in [3.63, 3.8) is 0 Å². The van der Waals surface area contributed by atoms with Crippen molar-refractivity contribution in [1.29, 1.82) is 0 Å². The number of hydrogen-bond donors (Lipinski definition) is 0. The Kier molecular flexibility index (Phi) is 4.43. The zero-order valence-electron chi connectivity index (χ0n) is 13.0. The van der Waals surface area contributed by atoms with Crippen molar-refractivity contribution in [2.45, 2.75) is 6.54 Å². The monoisotopic (exact) mass is 406 g/mol. The zero-order chi connectivity index (χ0) is 16.5. The molecule has 3 aromatic rings. The third kappa shape index (κ3) is 3.14. The first-order valence-electron chi connectivity index (χ1n) is 7.81. The molecule has 0 spiro atoms. The summed E-state index contributed by atoms with van der Waals surface area (Å²) in [5.74, 6) is 0. The Labute approximate surface area is 153 Å². The van der Waals surface area contributed by atoms with Gasteiger partial charge in [0.15, 0.2) is 0 Å². The zero-order valence-corrected chi connectivity index (χ0v) is 15.3. The van der Waals surface area contributed by atoms with E-state index in [4.69, 9.17) is 16.1 Å². The lowest BCUT2D eigenvalue weighted by Gasteiger charge is -2.36. The lowest BCUT2D eigenvalue weighted by Crippen LogP contribution is -2.46. The maximum atomic E-state index is 6.34. The topological polar surface area (TPSA) is 45.4 Å². The highest BCUT2D eigenvalue weighted by Crippen LogP contribution is 2.33. The van der Waals surface area contributed by atoms with E-state index >= 15 is 0 Å². The van der Waals surface area contributed by atoms with Crippen molar-refractivity contribution in [3.8, 4) is 0 Å². The number of anilines is 1. The van der Waals surface area contributed by atoms with Crippen LogP contribution in [0, 0.1) is 0 Å². The first-order valence-corrected chi connectivity index (χ1v) is 8.98. The number of pyridine rings is 1. The second kappa shape index (κ2) is 6.70. The summed E-state index contributed by atoms with van der Waals surface area (Å²) in [6.07, 6.45) is 3.45. The molecule has 4 rings (SSSR count). The van der Waals surface area contributed by atoms with Gasteiger partial charge in [0.25, 0.3) is 0 Å². The minimum absolute atomic E-state index is 0.672. The average Bonchev–Trinajstić information content (AvgIpc) is 3.08. The van der Waals surface area contributed by atoms with E-state index in [1.165, 1.54) is 5.69 Å². The highest BCUT2D eigenvalue weighted by Gasteiger charge is 2.20. The molecule has 24 heavy (non-hydrogen) atoms. The standard InChI is InChI=1S/C17H16BrClN4O/c18-12-9-14-16(1-3-20-17(14)15(19)10-12)23-6-4-22(5-7-23)11-13-2-8-24-21-13/h1-3,8-10H,4-7,11H2. The molecule has 0 unspecified atom stereocenters. The van der Waals surface area contributed by atoms with Crippen LogP contribution in [0.15, 0.2) is 45.7 Å². The Morgan fingerprint density at radius 2 is 2.00 bits per heavy atom. The largest absolute Gasteiger partial charge is 0.368 e. The molecule has 7 heteroatoms. The molecule has 2 aromatic heterocycles. The molecule has 1 aliphatic rings. The molecule has 1 saturated heterocycles. The third-order valence-electron chi connectivity index (χ3n) is 4.33. The number of rotatable bonds is 3. The normalized spacial score (nSPS) is 16.0. The van der Waals surface area contributed by atoms with Crippen LogP contribution in [0.4, 0.5) is 5.69 Å². The maximum Gasteiger partial charge on any atom is 0.124 e. The third-order valence-corrected chi connectivity index (χ3v) is 5.08. The number of hydrogen-bond acceptors (Lipinski definition) is 5. The highest BCUT2D eigenvalue weighted by molar-refractivity contribution is 9.10. The Bertz CT molecular complexity index is 847. The van der Waals surface area contributed by atoms with Crippen LogP contribution in [0.2, 0.25) is 5.02 Å². The fraction of sp³-hybridized carbons (Fsp3) is 0.294. The van der Waals surface area contributed by atoms with Crippen molar-refractivity contribution < 1.29 is 4.52 Å². The van der Waals surface area contributed by atoms with Crippen molar-refractivity contribution in [2.24, 2.45) is 0 Å². The summed E-state index contributed by atoms with van der Waals surface area (Å²) in [4.78, 5) is 9.22. The van der Waals surface area contributed by atoms with Gasteiger partial charge in [-0.15, -0.1) is 0 Å². The second-order valence-corrected chi connectivity index (χ2v) is 7.19. The van der Waals surface area contributed by atoms with Gasteiger partial charge in [0.2, 0.25) is 0 Å². The van der Waals surface area contributed by atoms with Gasteiger partial charge in [0.1, 0.15) is 6.26 Å². The molecule has 0 aliphatic carbocycles.